The average molecular weight is 229 g/mol. The number of hydrogen-bond donors (Lipinski definition) is 2. The highest BCUT2D eigenvalue weighted by Crippen LogP contribution is 2.23. The van der Waals surface area contributed by atoms with Crippen LogP contribution in [0.5, 0.6) is 0 Å². The molecule has 0 atom stereocenters. The molecule has 0 unspecified atom stereocenters. The third kappa shape index (κ3) is 4.37. The highest BCUT2D eigenvalue weighted by Gasteiger charge is 2.08. The Morgan fingerprint density at radius 3 is 2.87 bits per heavy atom. The van der Waals surface area contributed by atoms with Gasteiger partial charge in [0.1, 0.15) is 0 Å². The summed E-state index contributed by atoms with van der Waals surface area (Å²) < 4.78 is 0. The molecule has 6 heteroatoms. The van der Waals surface area contributed by atoms with Crippen molar-refractivity contribution in [3.8, 4) is 0 Å². The Bertz CT molecular complexity index is 314. The van der Waals surface area contributed by atoms with Gasteiger partial charge in [0, 0.05) is 17.5 Å². The van der Waals surface area contributed by atoms with E-state index in [4.69, 9.17) is 5.73 Å². The number of rotatable bonds is 7. The number of nitrogens with two attached hydrogens (primary N) is 1. The van der Waals surface area contributed by atoms with Gasteiger partial charge >= 0.3 is 5.00 Å². The maximum Gasteiger partial charge on any atom is 0.324 e. The normalized spacial score (nSPS) is 10.5. The van der Waals surface area contributed by atoms with Crippen LogP contribution in [-0.2, 0) is 6.54 Å². The first-order chi connectivity index (χ1) is 7.24. The van der Waals surface area contributed by atoms with Gasteiger partial charge in [0.15, 0.2) is 0 Å². The first-order valence-corrected chi connectivity index (χ1v) is 5.69. The molecule has 0 aliphatic rings. The molecule has 0 bridgehead atoms. The van der Waals surface area contributed by atoms with Gasteiger partial charge in [-0.15, -0.1) is 0 Å². The van der Waals surface area contributed by atoms with Crippen LogP contribution in [0, 0.1) is 10.1 Å². The maximum atomic E-state index is 10.4. The fourth-order valence-electron chi connectivity index (χ4n) is 1.17. The van der Waals surface area contributed by atoms with Crippen molar-refractivity contribution in [3.05, 3.63) is 27.1 Å². The van der Waals surface area contributed by atoms with Crippen LogP contribution in [0.3, 0.4) is 0 Å². The minimum atomic E-state index is -0.359. The number of unbranched alkanes of at least 4 members (excludes halogenated alkanes) is 1. The zero-order valence-electron chi connectivity index (χ0n) is 8.44. The molecule has 0 amide bonds. The molecule has 1 rings (SSSR count). The van der Waals surface area contributed by atoms with Crippen molar-refractivity contribution >= 4 is 16.3 Å². The van der Waals surface area contributed by atoms with Gasteiger partial charge in [-0.05, 0) is 32.0 Å². The van der Waals surface area contributed by atoms with E-state index in [0.29, 0.717) is 13.1 Å². The van der Waals surface area contributed by atoms with Crippen molar-refractivity contribution in [2.75, 3.05) is 13.1 Å². The lowest BCUT2D eigenvalue weighted by atomic mass is 10.3. The predicted molar refractivity (Wildman–Crippen MR) is 61.0 cm³/mol. The van der Waals surface area contributed by atoms with Gasteiger partial charge in [-0.25, -0.2) is 0 Å². The second kappa shape index (κ2) is 6.49. The molecule has 0 aromatic carbocycles. The lowest BCUT2D eigenvalue weighted by molar-refractivity contribution is -0.380. The second-order valence-electron chi connectivity index (χ2n) is 3.17. The van der Waals surface area contributed by atoms with E-state index in [1.165, 1.54) is 11.3 Å². The van der Waals surface area contributed by atoms with Crippen molar-refractivity contribution in [3.63, 3.8) is 0 Å². The number of thiophene rings is 1. The minimum absolute atomic E-state index is 0.203. The molecule has 1 heterocycles. The molecule has 5 nitrogen and oxygen atoms in total. The van der Waals surface area contributed by atoms with Gasteiger partial charge in [0.25, 0.3) is 0 Å². The lowest BCUT2D eigenvalue weighted by Gasteiger charge is -2.00. The van der Waals surface area contributed by atoms with Crippen molar-refractivity contribution in [2.45, 2.75) is 19.4 Å². The smallest absolute Gasteiger partial charge is 0.324 e. The Morgan fingerprint density at radius 2 is 2.27 bits per heavy atom. The van der Waals surface area contributed by atoms with Gasteiger partial charge in [-0.3, -0.25) is 10.1 Å². The topological polar surface area (TPSA) is 81.2 Å². The van der Waals surface area contributed by atoms with Crippen molar-refractivity contribution < 1.29 is 4.92 Å². The molecule has 0 saturated heterocycles. The van der Waals surface area contributed by atoms with E-state index in [1.807, 2.05) is 0 Å². The molecule has 0 fully saturated rings. The summed E-state index contributed by atoms with van der Waals surface area (Å²) in [6.07, 6.45) is 2.06. The van der Waals surface area contributed by atoms with E-state index in [0.717, 1.165) is 24.3 Å². The number of hydrogen-bond acceptors (Lipinski definition) is 5. The van der Waals surface area contributed by atoms with Gasteiger partial charge in [0.2, 0.25) is 0 Å². The Kier molecular flexibility index (Phi) is 5.23. The van der Waals surface area contributed by atoms with Gasteiger partial charge < -0.3 is 11.1 Å². The largest absolute Gasteiger partial charge is 0.330 e. The molecule has 1 aromatic rings. The van der Waals surface area contributed by atoms with Crippen LogP contribution in [0.2, 0.25) is 0 Å². The molecule has 1 aromatic heterocycles. The summed E-state index contributed by atoms with van der Waals surface area (Å²) in [7, 11) is 0. The Labute approximate surface area is 92.4 Å². The average Bonchev–Trinajstić information content (AvgIpc) is 2.66. The maximum absolute atomic E-state index is 10.4. The summed E-state index contributed by atoms with van der Waals surface area (Å²) in [5.74, 6) is 0. The SMILES string of the molecule is NCCCCNCc1ccc([N+](=O)[O-])s1. The molecule has 84 valence electrons. The summed E-state index contributed by atoms with van der Waals surface area (Å²) >= 11 is 1.22. The molecular weight excluding hydrogens is 214 g/mol. The lowest BCUT2D eigenvalue weighted by Crippen LogP contribution is -2.15. The van der Waals surface area contributed by atoms with E-state index in [1.54, 1.807) is 12.1 Å². The molecule has 0 aliphatic heterocycles. The van der Waals surface area contributed by atoms with Gasteiger partial charge in [-0.1, -0.05) is 11.3 Å². The highest BCUT2D eigenvalue weighted by atomic mass is 32.1. The predicted octanol–water partition coefficient (Wildman–Crippen LogP) is 1.48. The molecule has 15 heavy (non-hydrogen) atoms. The molecule has 0 aliphatic carbocycles. The Balaban J connectivity index is 2.23. The standard InChI is InChI=1S/C9H15N3O2S/c10-5-1-2-6-11-7-8-3-4-9(15-8)12(13)14/h3-4,11H,1-2,5-7,10H2. The minimum Gasteiger partial charge on any atom is -0.330 e. The van der Waals surface area contributed by atoms with E-state index in [-0.39, 0.29) is 9.92 Å². The quantitative estimate of drug-likeness (QED) is 0.421. The third-order valence-electron chi connectivity index (χ3n) is 1.93. The molecule has 0 saturated carbocycles. The molecule has 0 spiro atoms. The Morgan fingerprint density at radius 1 is 1.47 bits per heavy atom. The van der Waals surface area contributed by atoms with Crippen LogP contribution in [0.4, 0.5) is 5.00 Å². The second-order valence-corrected chi connectivity index (χ2v) is 4.32. The fourth-order valence-corrected chi connectivity index (χ4v) is 1.96. The van der Waals surface area contributed by atoms with Crippen molar-refractivity contribution in [1.29, 1.82) is 0 Å². The number of nitro groups is 1. The third-order valence-corrected chi connectivity index (χ3v) is 2.97. The van der Waals surface area contributed by atoms with Crippen LogP contribution in [0.1, 0.15) is 17.7 Å². The highest BCUT2D eigenvalue weighted by molar-refractivity contribution is 7.15. The summed E-state index contributed by atoms with van der Waals surface area (Å²) in [5, 5.41) is 13.8. The molecule has 0 radical (unpaired) electrons. The number of nitrogens with zero attached hydrogens (tertiary/aromatic N) is 1. The molecule has 3 N–H and O–H groups in total. The molecular formula is C9H15N3O2S. The van der Waals surface area contributed by atoms with Crippen LogP contribution < -0.4 is 11.1 Å². The fraction of sp³-hybridized carbons (Fsp3) is 0.556. The van der Waals surface area contributed by atoms with E-state index in [2.05, 4.69) is 5.32 Å². The van der Waals surface area contributed by atoms with Crippen LogP contribution in [0.15, 0.2) is 12.1 Å². The van der Waals surface area contributed by atoms with E-state index >= 15 is 0 Å². The van der Waals surface area contributed by atoms with Crippen LogP contribution >= 0.6 is 11.3 Å². The summed E-state index contributed by atoms with van der Waals surface area (Å²) in [4.78, 5) is 11.0. The summed E-state index contributed by atoms with van der Waals surface area (Å²) in [5.41, 5.74) is 5.36. The summed E-state index contributed by atoms with van der Waals surface area (Å²) in [6.45, 7) is 2.32. The van der Waals surface area contributed by atoms with Crippen molar-refractivity contribution in [2.24, 2.45) is 5.73 Å². The summed E-state index contributed by atoms with van der Waals surface area (Å²) in [6, 6.07) is 3.33. The van der Waals surface area contributed by atoms with Crippen LogP contribution in [-0.4, -0.2) is 18.0 Å². The van der Waals surface area contributed by atoms with E-state index < -0.39 is 0 Å². The first kappa shape index (κ1) is 12.1. The van der Waals surface area contributed by atoms with Gasteiger partial charge in [-0.2, -0.15) is 0 Å². The van der Waals surface area contributed by atoms with Gasteiger partial charge in [0.05, 0.1) is 4.92 Å². The Hall–Kier alpha value is -0.980. The zero-order chi connectivity index (χ0) is 11.1. The van der Waals surface area contributed by atoms with E-state index in [9.17, 15) is 10.1 Å². The van der Waals surface area contributed by atoms with Crippen LogP contribution in [0.25, 0.3) is 0 Å². The van der Waals surface area contributed by atoms with Crippen molar-refractivity contribution in [1.82, 2.24) is 5.32 Å². The first-order valence-electron chi connectivity index (χ1n) is 4.88. The number of nitrogens with one attached hydrogen (secondary N) is 1. The zero-order valence-corrected chi connectivity index (χ0v) is 9.26. The monoisotopic (exact) mass is 229 g/mol.